The molecule has 0 bridgehead atoms. The number of ether oxygens (including phenoxy) is 2. The van der Waals surface area contributed by atoms with Crippen LogP contribution in [0.4, 0.5) is 4.79 Å². The third-order valence-corrected chi connectivity index (χ3v) is 2.88. The minimum atomic E-state index is -0.636. The maximum Gasteiger partial charge on any atom is 0.422 e. The highest BCUT2D eigenvalue weighted by Crippen LogP contribution is 2.08. The first-order chi connectivity index (χ1) is 10.8. The van der Waals surface area contributed by atoms with Gasteiger partial charge in [0.25, 0.3) is 0 Å². The van der Waals surface area contributed by atoms with Gasteiger partial charge in [0.05, 0.1) is 6.61 Å². The van der Waals surface area contributed by atoms with Crippen LogP contribution in [0.3, 0.4) is 0 Å². The topological polar surface area (TPSA) is 76.7 Å². The van der Waals surface area contributed by atoms with E-state index < -0.39 is 23.7 Å². The van der Waals surface area contributed by atoms with Crippen LogP contribution in [0.1, 0.15) is 39.7 Å². The average Bonchev–Trinajstić information content (AvgIpc) is 2.46. The van der Waals surface area contributed by atoms with Gasteiger partial charge in [-0.15, -0.1) is 0 Å². The fraction of sp³-hybridized carbons (Fsp3) is 0.529. The average molecular weight is 322 g/mol. The molecule has 128 valence electrons. The van der Waals surface area contributed by atoms with E-state index in [0.717, 1.165) is 5.56 Å². The lowest BCUT2D eigenvalue weighted by atomic mass is 10.1. The number of hydrogen-bond acceptors (Lipinski definition) is 5. The molecule has 6 heteroatoms. The predicted octanol–water partition coefficient (Wildman–Crippen LogP) is 2.58. The van der Waals surface area contributed by atoms with Gasteiger partial charge in [0.1, 0.15) is 11.6 Å². The Balaban J connectivity index is 2.55. The van der Waals surface area contributed by atoms with Crippen LogP contribution in [0.2, 0.25) is 0 Å². The molecule has 1 aromatic rings. The normalized spacial score (nSPS) is 12.3. The van der Waals surface area contributed by atoms with Crippen molar-refractivity contribution in [3.05, 3.63) is 35.9 Å². The number of hydrogen-bond donors (Lipinski definition) is 2. The van der Waals surface area contributed by atoms with Gasteiger partial charge in [-0.1, -0.05) is 30.3 Å². The van der Waals surface area contributed by atoms with Crippen molar-refractivity contribution in [2.75, 3.05) is 6.61 Å². The van der Waals surface area contributed by atoms with Gasteiger partial charge >= 0.3 is 12.1 Å². The number of amides is 1. The highest BCUT2D eigenvalue weighted by Gasteiger charge is 2.22. The SMILES string of the molecule is CCOC(=O)[C@H](CCc1ccccc1)NNC(=O)OC(C)(C)C. The summed E-state index contributed by atoms with van der Waals surface area (Å²) in [5, 5.41) is 0. The second kappa shape index (κ2) is 9.15. The van der Waals surface area contributed by atoms with Gasteiger partial charge in [0.15, 0.2) is 0 Å². The number of nitrogens with one attached hydrogen (secondary N) is 2. The Kier molecular flexibility index (Phi) is 7.54. The molecule has 6 nitrogen and oxygen atoms in total. The van der Waals surface area contributed by atoms with Gasteiger partial charge in [0.2, 0.25) is 0 Å². The van der Waals surface area contributed by atoms with Crippen molar-refractivity contribution in [3.8, 4) is 0 Å². The first-order valence-corrected chi connectivity index (χ1v) is 7.77. The minimum Gasteiger partial charge on any atom is -0.465 e. The molecule has 0 unspecified atom stereocenters. The van der Waals surface area contributed by atoms with E-state index in [1.54, 1.807) is 27.7 Å². The molecule has 0 aliphatic heterocycles. The van der Waals surface area contributed by atoms with Crippen molar-refractivity contribution >= 4 is 12.1 Å². The van der Waals surface area contributed by atoms with Gasteiger partial charge in [-0.05, 0) is 46.1 Å². The molecule has 0 spiro atoms. The first-order valence-electron chi connectivity index (χ1n) is 7.77. The quantitative estimate of drug-likeness (QED) is 0.596. The molecule has 0 saturated carbocycles. The molecule has 1 rings (SSSR count). The zero-order valence-electron chi connectivity index (χ0n) is 14.2. The van der Waals surface area contributed by atoms with E-state index in [9.17, 15) is 9.59 Å². The van der Waals surface area contributed by atoms with Crippen LogP contribution in [0.25, 0.3) is 0 Å². The van der Waals surface area contributed by atoms with Gasteiger partial charge in [-0.25, -0.2) is 10.2 Å². The Bertz CT molecular complexity index is 497. The summed E-state index contributed by atoms with van der Waals surface area (Å²) in [6.07, 6.45) is 0.554. The molecule has 0 saturated heterocycles. The van der Waals surface area contributed by atoms with E-state index >= 15 is 0 Å². The summed E-state index contributed by atoms with van der Waals surface area (Å²) in [6, 6.07) is 9.17. The largest absolute Gasteiger partial charge is 0.465 e. The Hall–Kier alpha value is -2.08. The molecule has 1 aromatic carbocycles. The van der Waals surface area contributed by atoms with Crippen LogP contribution >= 0.6 is 0 Å². The van der Waals surface area contributed by atoms with Gasteiger partial charge in [-0.2, -0.15) is 0 Å². The zero-order chi connectivity index (χ0) is 17.3. The predicted molar refractivity (Wildman–Crippen MR) is 87.7 cm³/mol. The van der Waals surface area contributed by atoms with E-state index in [0.29, 0.717) is 12.8 Å². The highest BCUT2D eigenvalue weighted by atomic mass is 16.6. The molecular weight excluding hydrogens is 296 g/mol. The summed E-state index contributed by atoms with van der Waals surface area (Å²) < 4.78 is 10.2. The number of carbonyl (C=O) groups excluding carboxylic acids is 2. The second-order valence-electron chi connectivity index (χ2n) is 6.10. The van der Waals surface area contributed by atoms with Crippen molar-refractivity contribution in [2.45, 2.75) is 52.2 Å². The number of esters is 1. The van der Waals surface area contributed by atoms with Crippen molar-refractivity contribution in [3.63, 3.8) is 0 Å². The summed E-state index contributed by atoms with van der Waals surface area (Å²) in [6.45, 7) is 7.34. The van der Waals surface area contributed by atoms with Crippen molar-refractivity contribution in [1.82, 2.24) is 10.9 Å². The van der Waals surface area contributed by atoms with Crippen LogP contribution in [0.5, 0.6) is 0 Å². The maximum absolute atomic E-state index is 12.0. The van der Waals surface area contributed by atoms with Crippen LogP contribution in [0, 0.1) is 0 Å². The Labute approximate surface area is 137 Å². The summed E-state index contributed by atoms with van der Waals surface area (Å²) in [4.78, 5) is 23.7. The molecule has 0 radical (unpaired) electrons. The first kappa shape index (κ1) is 19.0. The lowest BCUT2D eigenvalue weighted by Crippen LogP contribution is -2.50. The second-order valence-corrected chi connectivity index (χ2v) is 6.10. The maximum atomic E-state index is 12.0. The lowest BCUT2D eigenvalue weighted by Gasteiger charge is -2.22. The van der Waals surface area contributed by atoms with E-state index in [1.165, 1.54) is 0 Å². The molecule has 0 heterocycles. The monoisotopic (exact) mass is 322 g/mol. The molecule has 23 heavy (non-hydrogen) atoms. The number of rotatable bonds is 7. The minimum absolute atomic E-state index is 0.286. The smallest absolute Gasteiger partial charge is 0.422 e. The summed E-state index contributed by atoms with van der Waals surface area (Å²) in [7, 11) is 0. The third-order valence-electron chi connectivity index (χ3n) is 2.88. The number of carbonyl (C=O) groups is 2. The molecule has 0 aromatic heterocycles. The molecule has 0 aliphatic carbocycles. The van der Waals surface area contributed by atoms with Crippen molar-refractivity contribution in [1.29, 1.82) is 0 Å². The Morgan fingerprint density at radius 1 is 1.17 bits per heavy atom. The fourth-order valence-electron chi connectivity index (χ4n) is 1.90. The molecule has 2 N–H and O–H groups in total. The molecule has 0 aliphatic rings. The van der Waals surface area contributed by atoms with Crippen LogP contribution in [-0.2, 0) is 20.7 Å². The third kappa shape index (κ3) is 8.21. The Morgan fingerprint density at radius 2 is 1.83 bits per heavy atom. The van der Waals surface area contributed by atoms with Gasteiger partial charge < -0.3 is 9.47 Å². The van der Waals surface area contributed by atoms with Crippen LogP contribution in [-0.4, -0.2) is 30.3 Å². The molecule has 1 amide bonds. The zero-order valence-corrected chi connectivity index (χ0v) is 14.2. The van der Waals surface area contributed by atoms with E-state index in [2.05, 4.69) is 10.9 Å². The van der Waals surface area contributed by atoms with Crippen molar-refractivity contribution in [2.24, 2.45) is 0 Å². The van der Waals surface area contributed by atoms with Crippen molar-refractivity contribution < 1.29 is 19.1 Å². The summed E-state index contributed by atoms with van der Waals surface area (Å²) in [5.41, 5.74) is 5.61. The van der Waals surface area contributed by atoms with E-state index in [4.69, 9.17) is 9.47 Å². The highest BCUT2D eigenvalue weighted by molar-refractivity contribution is 5.76. The number of hydrazine groups is 1. The van der Waals surface area contributed by atoms with Gasteiger partial charge in [0, 0.05) is 0 Å². The molecular formula is C17H26N2O4. The van der Waals surface area contributed by atoms with Crippen LogP contribution < -0.4 is 10.9 Å². The fourth-order valence-corrected chi connectivity index (χ4v) is 1.90. The van der Waals surface area contributed by atoms with E-state index in [-0.39, 0.29) is 6.61 Å². The summed E-state index contributed by atoms with van der Waals surface area (Å²) in [5.74, 6) is -0.403. The summed E-state index contributed by atoms with van der Waals surface area (Å²) >= 11 is 0. The molecule has 0 fully saturated rings. The van der Waals surface area contributed by atoms with E-state index in [1.807, 2.05) is 30.3 Å². The standard InChI is InChI=1S/C17H26N2O4/c1-5-22-15(20)14(12-11-13-9-7-6-8-10-13)18-19-16(21)23-17(2,3)4/h6-10,14,18H,5,11-12H2,1-4H3,(H,19,21)/t14-/m0/s1. The molecule has 1 atom stereocenters. The number of benzene rings is 1. The number of aryl methyl sites for hydroxylation is 1. The van der Waals surface area contributed by atoms with Crippen LogP contribution in [0.15, 0.2) is 30.3 Å². The lowest BCUT2D eigenvalue weighted by molar-refractivity contribution is -0.146. The Morgan fingerprint density at radius 3 is 2.39 bits per heavy atom. The van der Waals surface area contributed by atoms with Gasteiger partial charge in [-0.3, -0.25) is 10.2 Å².